The monoisotopic (exact) mass is 486 g/mol. The van der Waals surface area contributed by atoms with Crippen LogP contribution in [-0.4, -0.2) is 19.1 Å². The number of pyridine rings is 2. The van der Waals surface area contributed by atoms with E-state index in [0.29, 0.717) is 0 Å². The standard InChI is InChI=1S/C34H22N4/c1-3-11-23(12-4-1)24-13-9-16-26(21-24)38-31-19-10-20-35-32(31)29-22-28-27-17-7-8-18-30(27)37(33(28)36-34(29)38)25-14-5-2-6-15-25/h1-22H. The topological polar surface area (TPSA) is 35.6 Å². The number of rotatable bonds is 3. The lowest BCUT2D eigenvalue weighted by Gasteiger charge is -2.10. The molecule has 4 nitrogen and oxygen atoms in total. The number of benzene rings is 4. The molecule has 0 aliphatic heterocycles. The van der Waals surface area contributed by atoms with Crippen molar-refractivity contribution >= 4 is 44.0 Å². The van der Waals surface area contributed by atoms with Gasteiger partial charge in [0.1, 0.15) is 11.3 Å². The summed E-state index contributed by atoms with van der Waals surface area (Å²) in [4.78, 5) is 10.2. The average Bonchev–Trinajstić information content (AvgIpc) is 3.49. The molecule has 38 heavy (non-hydrogen) atoms. The molecule has 178 valence electrons. The molecule has 4 aromatic carbocycles. The second kappa shape index (κ2) is 8.15. The summed E-state index contributed by atoms with van der Waals surface area (Å²) in [6.45, 7) is 0. The summed E-state index contributed by atoms with van der Waals surface area (Å²) >= 11 is 0. The van der Waals surface area contributed by atoms with Crippen LogP contribution < -0.4 is 0 Å². The number of aromatic nitrogens is 4. The van der Waals surface area contributed by atoms with Crippen molar-refractivity contribution in [2.45, 2.75) is 0 Å². The number of hydrogen-bond donors (Lipinski definition) is 0. The molecule has 0 aliphatic carbocycles. The lowest BCUT2D eigenvalue weighted by Crippen LogP contribution is -1.99. The number of nitrogens with zero attached hydrogens (tertiary/aromatic N) is 4. The predicted octanol–water partition coefficient (Wildman–Crippen LogP) is 8.34. The molecule has 4 heteroatoms. The molecule has 0 bridgehead atoms. The summed E-state index contributed by atoms with van der Waals surface area (Å²) in [6, 6.07) is 44.6. The number of fused-ring (bicyclic) bond motifs is 6. The number of para-hydroxylation sites is 2. The molecule has 0 amide bonds. The fourth-order valence-electron chi connectivity index (χ4n) is 5.67. The van der Waals surface area contributed by atoms with Crippen molar-refractivity contribution in [3.8, 4) is 22.5 Å². The van der Waals surface area contributed by atoms with Crippen molar-refractivity contribution in [1.82, 2.24) is 19.1 Å². The Labute approximate surface area is 219 Å². The van der Waals surface area contributed by atoms with Gasteiger partial charge in [-0.05, 0) is 59.7 Å². The van der Waals surface area contributed by atoms with Crippen LogP contribution in [0.5, 0.6) is 0 Å². The van der Waals surface area contributed by atoms with E-state index in [2.05, 4.69) is 118 Å². The molecular weight excluding hydrogens is 464 g/mol. The van der Waals surface area contributed by atoms with Crippen molar-refractivity contribution in [3.63, 3.8) is 0 Å². The third-order valence-electron chi connectivity index (χ3n) is 7.35. The molecule has 8 aromatic rings. The van der Waals surface area contributed by atoms with Gasteiger partial charge in [0.25, 0.3) is 0 Å². The molecule has 0 atom stereocenters. The van der Waals surface area contributed by atoms with E-state index in [0.717, 1.165) is 50.0 Å². The maximum Gasteiger partial charge on any atom is 0.149 e. The zero-order valence-electron chi connectivity index (χ0n) is 20.5. The molecule has 0 N–H and O–H groups in total. The van der Waals surface area contributed by atoms with E-state index in [9.17, 15) is 0 Å². The highest BCUT2D eigenvalue weighted by Gasteiger charge is 2.20. The third-order valence-corrected chi connectivity index (χ3v) is 7.35. The van der Waals surface area contributed by atoms with Crippen LogP contribution in [0.15, 0.2) is 134 Å². The first-order valence-electron chi connectivity index (χ1n) is 12.8. The highest BCUT2D eigenvalue weighted by molar-refractivity contribution is 6.15. The molecule has 0 aliphatic rings. The van der Waals surface area contributed by atoms with Gasteiger partial charge in [0, 0.05) is 33.7 Å². The van der Waals surface area contributed by atoms with Crippen LogP contribution in [0.4, 0.5) is 0 Å². The highest BCUT2D eigenvalue weighted by Crippen LogP contribution is 2.37. The van der Waals surface area contributed by atoms with Crippen LogP contribution in [0.25, 0.3) is 66.5 Å². The van der Waals surface area contributed by atoms with Crippen molar-refractivity contribution in [2.75, 3.05) is 0 Å². The summed E-state index contributed by atoms with van der Waals surface area (Å²) in [5.74, 6) is 0. The molecule has 4 aromatic heterocycles. The van der Waals surface area contributed by atoms with Crippen molar-refractivity contribution in [1.29, 1.82) is 0 Å². The van der Waals surface area contributed by atoms with E-state index in [1.807, 2.05) is 24.4 Å². The van der Waals surface area contributed by atoms with Crippen LogP contribution in [-0.2, 0) is 0 Å². The summed E-state index contributed by atoms with van der Waals surface area (Å²) in [7, 11) is 0. The fraction of sp³-hybridized carbons (Fsp3) is 0. The van der Waals surface area contributed by atoms with Gasteiger partial charge in [-0.15, -0.1) is 0 Å². The average molecular weight is 487 g/mol. The lowest BCUT2D eigenvalue weighted by molar-refractivity contribution is 1.11. The van der Waals surface area contributed by atoms with Gasteiger partial charge in [-0.2, -0.15) is 0 Å². The Morgan fingerprint density at radius 2 is 1.11 bits per heavy atom. The minimum Gasteiger partial charge on any atom is -0.294 e. The Hall–Kier alpha value is -5.22. The van der Waals surface area contributed by atoms with Gasteiger partial charge in [-0.1, -0.05) is 78.9 Å². The van der Waals surface area contributed by atoms with Crippen molar-refractivity contribution in [2.24, 2.45) is 0 Å². The molecule has 0 saturated heterocycles. The molecule has 0 unspecified atom stereocenters. The van der Waals surface area contributed by atoms with E-state index in [1.165, 1.54) is 16.5 Å². The van der Waals surface area contributed by atoms with Crippen LogP contribution in [0.2, 0.25) is 0 Å². The van der Waals surface area contributed by atoms with Gasteiger partial charge in [0.15, 0.2) is 0 Å². The van der Waals surface area contributed by atoms with E-state index >= 15 is 0 Å². The van der Waals surface area contributed by atoms with Crippen LogP contribution >= 0.6 is 0 Å². The molecule has 0 radical (unpaired) electrons. The van der Waals surface area contributed by atoms with Gasteiger partial charge < -0.3 is 0 Å². The molecule has 8 rings (SSSR count). The lowest BCUT2D eigenvalue weighted by atomic mass is 10.1. The van der Waals surface area contributed by atoms with Crippen molar-refractivity contribution in [3.05, 3.63) is 134 Å². The Balaban J connectivity index is 1.50. The first-order valence-corrected chi connectivity index (χ1v) is 12.8. The molecule has 0 spiro atoms. The normalized spacial score (nSPS) is 11.7. The zero-order valence-corrected chi connectivity index (χ0v) is 20.5. The first-order chi connectivity index (χ1) is 18.9. The molecule has 0 fully saturated rings. The van der Waals surface area contributed by atoms with Crippen molar-refractivity contribution < 1.29 is 0 Å². The summed E-state index contributed by atoms with van der Waals surface area (Å²) in [5.41, 5.74) is 9.50. The molecular formula is C34H22N4. The van der Waals surface area contributed by atoms with Gasteiger partial charge >= 0.3 is 0 Å². The second-order valence-corrected chi connectivity index (χ2v) is 9.54. The van der Waals surface area contributed by atoms with Gasteiger partial charge in [0.2, 0.25) is 0 Å². The minimum atomic E-state index is 0.899. The molecule has 4 heterocycles. The minimum absolute atomic E-state index is 0.899. The van der Waals surface area contributed by atoms with Crippen LogP contribution in [0.3, 0.4) is 0 Å². The molecule has 0 saturated carbocycles. The van der Waals surface area contributed by atoms with Gasteiger partial charge in [-0.3, -0.25) is 14.1 Å². The number of hydrogen-bond acceptors (Lipinski definition) is 2. The Kier molecular flexibility index (Phi) is 4.49. The van der Waals surface area contributed by atoms with Gasteiger partial charge in [-0.25, -0.2) is 4.98 Å². The Morgan fingerprint density at radius 3 is 1.97 bits per heavy atom. The maximum absolute atomic E-state index is 5.39. The third kappa shape index (κ3) is 3.04. The Bertz CT molecular complexity index is 2120. The van der Waals surface area contributed by atoms with Crippen LogP contribution in [0.1, 0.15) is 0 Å². The fourth-order valence-corrected chi connectivity index (χ4v) is 5.67. The summed E-state index contributed by atoms with van der Waals surface area (Å²) < 4.78 is 4.51. The van der Waals surface area contributed by atoms with E-state index < -0.39 is 0 Å². The predicted molar refractivity (Wildman–Crippen MR) is 156 cm³/mol. The van der Waals surface area contributed by atoms with E-state index in [1.54, 1.807) is 0 Å². The van der Waals surface area contributed by atoms with Gasteiger partial charge in [0.05, 0.1) is 16.6 Å². The highest BCUT2D eigenvalue weighted by atomic mass is 15.1. The van der Waals surface area contributed by atoms with E-state index in [4.69, 9.17) is 9.97 Å². The second-order valence-electron chi connectivity index (χ2n) is 9.54. The first kappa shape index (κ1) is 20.9. The largest absolute Gasteiger partial charge is 0.294 e. The SMILES string of the molecule is c1ccc(-c2cccc(-n3c4cccnc4c4cc5c6ccccc6n(-c6ccccc6)c5nc43)c2)cc1. The summed E-state index contributed by atoms with van der Waals surface area (Å²) in [5, 5.41) is 3.36. The maximum atomic E-state index is 5.39. The quantitative estimate of drug-likeness (QED) is 0.252. The van der Waals surface area contributed by atoms with E-state index in [-0.39, 0.29) is 0 Å². The zero-order chi connectivity index (χ0) is 25.1. The smallest absolute Gasteiger partial charge is 0.149 e. The Morgan fingerprint density at radius 1 is 0.447 bits per heavy atom. The summed E-state index contributed by atoms with van der Waals surface area (Å²) in [6.07, 6.45) is 1.87. The van der Waals surface area contributed by atoms with Crippen LogP contribution in [0, 0.1) is 0 Å².